The number of aromatic nitrogens is 1. The zero-order chi connectivity index (χ0) is 10.7. The van der Waals surface area contributed by atoms with Crippen LogP contribution in [-0.2, 0) is 4.74 Å². The molecule has 0 spiro atoms. The fourth-order valence-electron chi connectivity index (χ4n) is 1.83. The molecular formula is C11H15ClN2O. The molecule has 0 radical (unpaired) electrons. The summed E-state index contributed by atoms with van der Waals surface area (Å²) >= 11 is 6.05. The minimum atomic E-state index is 0.326. The number of hydrogen-bond acceptors (Lipinski definition) is 3. The normalized spacial score (nSPS) is 26.3. The molecule has 1 fully saturated rings. The van der Waals surface area contributed by atoms with Gasteiger partial charge in [-0.25, -0.2) is 0 Å². The number of pyridine rings is 1. The molecule has 1 N–H and O–H groups in total. The lowest BCUT2D eigenvalue weighted by Crippen LogP contribution is -2.32. The monoisotopic (exact) mass is 226 g/mol. The van der Waals surface area contributed by atoms with Gasteiger partial charge in [-0.1, -0.05) is 11.6 Å². The van der Waals surface area contributed by atoms with Crippen molar-refractivity contribution in [3.8, 4) is 0 Å². The summed E-state index contributed by atoms with van der Waals surface area (Å²) in [5.74, 6) is 0. The highest BCUT2D eigenvalue weighted by atomic mass is 35.5. The first-order valence-electron chi connectivity index (χ1n) is 5.23. The first kappa shape index (κ1) is 10.7. The van der Waals surface area contributed by atoms with E-state index in [9.17, 15) is 0 Å². The number of rotatable bonds is 2. The summed E-state index contributed by atoms with van der Waals surface area (Å²) in [7, 11) is 0. The lowest BCUT2D eigenvalue weighted by atomic mass is 10.0. The lowest BCUT2D eigenvalue weighted by Gasteiger charge is -2.28. The Hall–Kier alpha value is -0.800. The summed E-state index contributed by atoms with van der Waals surface area (Å²) in [5, 5.41) is 4.13. The molecule has 3 nitrogen and oxygen atoms in total. The molecule has 0 bridgehead atoms. The maximum Gasteiger partial charge on any atom is 0.0718 e. The minimum Gasteiger partial charge on any atom is -0.380 e. The van der Waals surface area contributed by atoms with Crippen LogP contribution in [-0.4, -0.2) is 23.7 Å². The van der Waals surface area contributed by atoms with Crippen LogP contribution in [0.5, 0.6) is 0 Å². The highest BCUT2D eigenvalue weighted by Crippen LogP contribution is 2.23. The van der Waals surface area contributed by atoms with Crippen LogP contribution < -0.4 is 5.32 Å². The summed E-state index contributed by atoms with van der Waals surface area (Å²) in [6, 6.07) is 2.24. The summed E-state index contributed by atoms with van der Waals surface area (Å²) in [5.41, 5.74) is 0.915. The molecule has 2 rings (SSSR count). The Kier molecular flexibility index (Phi) is 3.44. The molecule has 1 saturated heterocycles. The van der Waals surface area contributed by atoms with E-state index < -0.39 is 0 Å². The van der Waals surface area contributed by atoms with E-state index >= 15 is 0 Å². The van der Waals surface area contributed by atoms with Crippen molar-refractivity contribution in [1.29, 1.82) is 0 Å². The zero-order valence-electron chi connectivity index (χ0n) is 8.74. The Balaban J connectivity index is 1.99. The second kappa shape index (κ2) is 4.81. The van der Waals surface area contributed by atoms with E-state index in [1.165, 1.54) is 0 Å². The predicted octanol–water partition coefficient (Wildman–Crippen LogP) is 2.71. The molecule has 15 heavy (non-hydrogen) atoms. The smallest absolute Gasteiger partial charge is 0.0718 e. The molecule has 2 unspecified atom stereocenters. The Morgan fingerprint density at radius 3 is 3.20 bits per heavy atom. The topological polar surface area (TPSA) is 34.2 Å². The van der Waals surface area contributed by atoms with Crippen molar-refractivity contribution >= 4 is 17.3 Å². The summed E-state index contributed by atoms with van der Waals surface area (Å²) < 4.78 is 5.49. The van der Waals surface area contributed by atoms with Gasteiger partial charge in [-0.3, -0.25) is 4.98 Å². The van der Waals surface area contributed by atoms with Gasteiger partial charge in [-0.05, 0) is 25.8 Å². The van der Waals surface area contributed by atoms with Crippen LogP contribution in [0.25, 0.3) is 0 Å². The van der Waals surface area contributed by atoms with Crippen LogP contribution in [0.1, 0.15) is 19.8 Å². The van der Waals surface area contributed by atoms with E-state index in [0.29, 0.717) is 12.1 Å². The van der Waals surface area contributed by atoms with Gasteiger partial charge < -0.3 is 10.1 Å². The van der Waals surface area contributed by atoms with Crippen LogP contribution >= 0.6 is 11.6 Å². The molecule has 0 saturated carbocycles. The zero-order valence-corrected chi connectivity index (χ0v) is 9.50. The third-order valence-electron chi connectivity index (χ3n) is 2.61. The molecular weight excluding hydrogens is 212 g/mol. The van der Waals surface area contributed by atoms with E-state index in [0.717, 1.165) is 30.2 Å². The highest BCUT2D eigenvalue weighted by Gasteiger charge is 2.19. The van der Waals surface area contributed by atoms with Crippen molar-refractivity contribution in [2.45, 2.75) is 31.9 Å². The number of ether oxygens (including phenoxy) is 1. The second-order valence-corrected chi connectivity index (χ2v) is 4.31. The SMILES string of the molecule is CC1CC(Nc2cnccc2Cl)CCO1. The number of nitrogens with zero attached hydrogens (tertiary/aromatic N) is 1. The van der Waals surface area contributed by atoms with Gasteiger partial charge in [-0.15, -0.1) is 0 Å². The standard InChI is InChI=1S/C11H15ClN2O/c1-8-6-9(3-5-15-8)14-11-7-13-4-2-10(11)12/h2,4,7-9,14H,3,5-6H2,1H3. The van der Waals surface area contributed by atoms with Crippen LogP contribution in [0.2, 0.25) is 5.02 Å². The summed E-state index contributed by atoms with van der Waals surface area (Å²) in [4.78, 5) is 4.05. The Bertz CT molecular complexity index is 332. The van der Waals surface area contributed by atoms with Crippen molar-refractivity contribution in [2.75, 3.05) is 11.9 Å². The van der Waals surface area contributed by atoms with E-state index in [1.807, 2.05) is 0 Å². The lowest BCUT2D eigenvalue weighted by molar-refractivity contribution is 0.0232. The second-order valence-electron chi connectivity index (χ2n) is 3.90. The summed E-state index contributed by atoms with van der Waals surface area (Å²) in [6.45, 7) is 2.91. The van der Waals surface area contributed by atoms with Gasteiger partial charge in [0.05, 0.1) is 23.0 Å². The molecule has 0 aromatic carbocycles. The number of anilines is 1. The largest absolute Gasteiger partial charge is 0.380 e. The highest BCUT2D eigenvalue weighted by molar-refractivity contribution is 6.33. The number of nitrogens with one attached hydrogen (secondary N) is 1. The first-order valence-corrected chi connectivity index (χ1v) is 5.61. The first-order chi connectivity index (χ1) is 7.25. The van der Waals surface area contributed by atoms with Crippen molar-refractivity contribution in [3.63, 3.8) is 0 Å². The minimum absolute atomic E-state index is 0.326. The predicted molar refractivity (Wildman–Crippen MR) is 61.3 cm³/mol. The molecule has 82 valence electrons. The van der Waals surface area contributed by atoms with Gasteiger partial charge >= 0.3 is 0 Å². The van der Waals surface area contributed by atoms with Gasteiger partial charge in [-0.2, -0.15) is 0 Å². The van der Waals surface area contributed by atoms with Crippen LogP contribution in [0, 0.1) is 0 Å². The maximum atomic E-state index is 6.05. The molecule has 0 amide bonds. The van der Waals surface area contributed by atoms with Gasteiger partial charge in [0.2, 0.25) is 0 Å². The molecule has 2 atom stereocenters. The quantitative estimate of drug-likeness (QED) is 0.842. The Labute approximate surface area is 94.8 Å². The van der Waals surface area contributed by atoms with Gasteiger partial charge in [0.25, 0.3) is 0 Å². The maximum absolute atomic E-state index is 6.05. The van der Waals surface area contributed by atoms with Gasteiger partial charge in [0.15, 0.2) is 0 Å². The number of halogens is 1. The fourth-order valence-corrected chi connectivity index (χ4v) is 1.99. The fraction of sp³-hybridized carbons (Fsp3) is 0.545. The van der Waals surface area contributed by atoms with E-state index in [1.54, 1.807) is 18.5 Å². The van der Waals surface area contributed by atoms with Crippen molar-refractivity contribution in [2.24, 2.45) is 0 Å². The molecule has 1 aliphatic heterocycles. The summed E-state index contributed by atoms with van der Waals surface area (Å²) in [6.07, 6.45) is 5.83. The van der Waals surface area contributed by atoms with Crippen molar-refractivity contribution in [1.82, 2.24) is 4.98 Å². The molecule has 1 aromatic heterocycles. The van der Waals surface area contributed by atoms with E-state index in [2.05, 4.69) is 17.2 Å². The van der Waals surface area contributed by atoms with Crippen LogP contribution in [0.3, 0.4) is 0 Å². The third kappa shape index (κ3) is 2.83. The van der Waals surface area contributed by atoms with E-state index in [-0.39, 0.29) is 0 Å². The average Bonchev–Trinajstić information content (AvgIpc) is 2.22. The van der Waals surface area contributed by atoms with Crippen molar-refractivity contribution in [3.05, 3.63) is 23.5 Å². The van der Waals surface area contributed by atoms with Gasteiger partial charge in [0.1, 0.15) is 0 Å². The molecule has 4 heteroatoms. The molecule has 0 aliphatic carbocycles. The average molecular weight is 227 g/mol. The number of hydrogen-bond donors (Lipinski definition) is 1. The Morgan fingerprint density at radius 1 is 1.60 bits per heavy atom. The molecule has 2 heterocycles. The third-order valence-corrected chi connectivity index (χ3v) is 2.94. The van der Waals surface area contributed by atoms with Crippen molar-refractivity contribution < 1.29 is 4.74 Å². The van der Waals surface area contributed by atoms with Crippen LogP contribution in [0.4, 0.5) is 5.69 Å². The van der Waals surface area contributed by atoms with Crippen LogP contribution in [0.15, 0.2) is 18.5 Å². The molecule has 1 aromatic rings. The van der Waals surface area contributed by atoms with E-state index in [4.69, 9.17) is 16.3 Å². The Morgan fingerprint density at radius 2 is 2.47 bits per heavy atom. The molecule has 1 aliphatic rings. The van der Waals surface area contributed by atoms with Gasteiger partial charge in [0, 0.05) is 18.8 Å².